The summed E-state index contributed by atoms with van der Waals surface area (Å²) in [5, 5.41) is 0. The van der Waals surface area contributed by atoms with Crippen LogP contribution in [0.15, 0.2) is 17.2 Å². The number of fused-ring (bicyclic) bond motifs is 1. The van der Waals surface area contributed by atoms with Crippen LogP contribution in [0.5, 0.6) is 0 Å². The first-order valence-electron chi connectivity index (χ1n) is 9.22. The van der Waals surface area contributed by atoms with E-state index in [2.05, 4.69) is 19.5 Å². The Morgan fingerprint density at radius 1 is 1.15 bits per heavy atom. The third-order valence-electron chi connectivity index (χ3n) is 5.42. The van der Waals surface area contributed by atoms with Crippen LogP contribution in [0.25, 0.3) is 0 Å². The molecule has 4 heterocycles. The largest absolute Gasteiger partial charge is 0.337 e. The van der Waals surface area contributed by atoms with Crippen molar-refractivity contribution in [2.24, 2.45) is 0 Å². The molecule has 2 aliphatic heterocycles. The molecule has 1 fully saturated rings. The molecule has 2 aromatic heterocycles. The smallest absolute Gasteiger partial charge is 0.276 e. The average molecular weight is 353 g/mol. The van der Waals surface area contributed by atoms with Gasteiger partial charge in [0.1, 0.15) is 11.5 Å². The van der Waals surface area contributed by atoms with Gasteiger partial charge in [0.15, 0.2) is 0 Å². The van der Waals surface area contributed by atoms with Crippen molar-refractivity contribution in [2.45, 2.75) is 52.0 Å². The van der Waals surface area contributed by atoms with E-state index in [0.717, 1.165) is 55.0 Å². The Hall–Kier alpha value is -2.57. The molecule has 4 rings (SSSR count). The van der Waals surface area contributed by atoms with Gasteiger partial charge in [0, 0.05) is 49.4 Å². The Morgan fingerprint density at radius 3 is 2.77 bits per heavy atom. The van der Waals surface area contributed by atoms with Gasteiger partial charge in [0.2, 0.25) is 0 Å². The Labute approximate surface area is 152 Å². The minimum Gasteiger partial charge on any atom is -0.337 e. The molecule has 136 valence electrons. The van der Waals surface area contributed by atoms with Crippen LogP contribution in [0.3, 0.4) is 0 Å². The molecule has 0 saturated carbocycles. The summed E-state index contributed by atoms with van der Waals surface area (Å²) < 4.78 is 2.21. The molecule has 0 aliphatic carbocycles. The number of aryl methyl sites for hydroxylation is 2. The van der Waals surface area contributed by atoms with E-state index in [-0.39, 0.29) is 17.4 Å². The van der Waals surface area contributed by atoms with Crippen LogP contribution in [-0.2, 0) is 13.0 Å². The monoisotopic (exact) mass is 353 g/mol. The van der Waals surface area contributed by atoms with Crippen LogP contribution >= 0.6 is 0 Å². The van der Waals surface area contributed by atoms with Crippen molar-refractivity contribution in [3.05, 3.63) is 51.2 Å². The van der Waals surface area contributed by atoms with Crippen molar-refractivity contribution in [1.29, 1.82) is 0 Å². The number of carbonyl (C=O) groups excluding carboxylic acids is 1. The zero-order valence-electron chi connectivity index (χ0n) is 15.2. The molecule has 1 atom stereocenters. The summed E-state index contributed by atoms with van der Waals surface area (Å²) in [6, 6.07) is 0. The van der Waals surface area contributed by atoms with Crippen LogP contribution in [-0.4, -0.2) is 43.4 Å². The molecule has 7 heteroatoms. The van der Waals surface area contributed by atoms with Crippen LogP contribution in [0.1, 0.15) is 58.4 Å². The lowest BCUT2D eigenvalue weighted by atomic mass is 9.91. The number of likely N-dealkylation sites (tertiary alicyclic amines) is 1. The summed E-state index contributed by atoms with van der Waals surface area (Å²) in [4.78, 5) is 39.6. The number of hydrogen-bond donors (Lipinski definition) is 0. The Kier molecular flexibility index (Phi) is 4.30. The lowest BCUT2D eigenvalue weighted by Crippen LogP contribution is -2.41. The highest BCUT2D eigenvalue weighted by Crippen LogP contribution is 2.31. The highest BCUT2D eigenvalue weighted by molar-refractivity contribution is 5.92. The number of rotatable bonds is 2. The van der Waals surface area contributed by atoms with Crippen LogP contribution in [0.2, 0.25) is 0 Å². The molecular formula is C19H23N5O2. The van der Waals surface area contributed by atoms with Crippen molar-refractivity contribution in [1.82, 2.24) is 24.4 Å². The van der Waals surface area contributed by atoms with E-state index in [9.17, 15) is 9.59 Å². The van der Waals surface area contributed by atoms with E-state index in [1.54, 1.807) is 12.4 Å². The van der Waals surface area contributed by atoms with E-state index < -0.39 is 0 Å². The third kappa shape index (κ3) is 2.91. The summed E-state index contributed by atoms with van der Waals surface area (Å²) in [7, 11) is 0. The lowest BCUT2D eigenvalue weighted by molar-refractivity contribution is 0.0697. The van der Waals surface area contributed by atoms with Crippen molar-refractivity contribution in [3.8, 4) is 0 Å². The van der Waals surface area contributed by atoms with Crippen molar-refractivity contribution >= 4 is 5.91 Å². The van der Waals surface area contributed by atoms with Gasteiger partial charge in [-0.25, -0.2) is 4.98 Å². The zero-order chi connectivity index (χ0) is 18.3. The summed E-state index contributed by atoms with van der Waals surface area (Å²) in [5.74, 6) is 0.972. The van der Waals surface area contributed by atoms with E-state index in [0.29, 0.717) is 18.8 Å². The molecule has 1 amide bonds. The zero-order valence-corrected chi connectivity index (χ0v) is 15.2. The van der Waals surface area contributed by atoms with Gasteiger partial charge in [-0.2, -0.15) is 4.98 Å². The molecule has 0 radical (unpaired) electrons. The van der Waals surface area contributed by atoms with Crippen molar-refractivity contribution < 1.29 is 4.79 Å². The molecule has 0 aromatic carbocycles. The first-order valence-corrected chi connectivity index (χ1v) is 9.22. The van der Waals surface area contributed by atoms with Crippen molar-refractivity contribution in [2.75, 3.05) is 13.1 Å². The summed E-state index contributed by atoms with van der Waals surface area (Å²) in [6.07, 6.45) is 6.94. The molecule has 1 saturated heterocycles. The lowest BCUT2D eigenvalue weighted by Gasteiger charge is -2.34. The minimum atomic E-state index is -0.124. The highest BCUT2D eigenvalue weighted by atomic mass is 16.2. The Balaban J connectivity index is 1.63. The fraction of sp³-hybridized carbons (Fsp3) is 0.526. The maximum absolute atomic E-state index is 12.8. The molecule has 0 spiro atoms. The Morgan fingerprint density at radius 2 is 2.00 bits per heavy atom. The van der Waals surface area contributed by atoms with Crippen LogP contribution in [0, 0.1) is 13.8 Å². The number of piperidine rings is 1. The molecule has 26 heavy (non-hydrogen) atoms. The number of aromatic nitrogens is 4. The van der Waals surface area contributed by atoms with E-state index in [4.69, 9.17) is 0 Å². The van der Waals surface area contributed by atoms with Gasteiger partial charge in [-0.1, -0.05) is 0 Å². The molecule has 2 aromatic rings. The number of nitrogens with zero attached hydrogens (tertiary/aromatic N) is 5. The predicted molar refractivity (Wildman–Crippen MR) is 96.2 cm³/mol. The molecule has 0 N–H and O–H groups in total. The summed E-state index contributed by atoms with van der Waals surface area (Å²) in [6.45, 7) is 5.95. The molecule has 2 aliphatic rings. The second kappa shape index (κ2) is 6.63. The number of amides is 1. The van der Waals surface area contributed by atoms with Gasteiger partial charge in [-0.15, -0.1) is 0 Å². The third-order valence-corrected chi connectivity index (χ3v) is 5.42. The number of hydrogen-bond acceptors (Lipinski definition) is 5. The topological polar surface area (TPSA) is 81.0 Å². The Bertz CT molecular complexity index is 903. The quantitative estimate of drug-likeness (QED) is 0.819. The first kappa shape index (κ1) is 16.9. The minimum absolute atomic E-state index is 0.0853. The van der Waals surface area contributed by atoms with Gasteiger partial charge in [-0.05, 0) is 33.1 Å². The van der Waals surface area contributed by atoms with Crippen molar-refractivity contribution in [3.63, 3.8) is 0 Å². The van der Waals surface area contributed by atoms with Crippen LogP contribution in [0.4, 0.5) is 0 Å². The normalized spacial score (nSPS) is 19.5. The molecule has 7 nitrogen and oxygen atoms in total. The van der Waals surface area contributed by atoms with E-state index in [1.165, 1.54) is 0 Å². The summed E-state index contributed by atoms with van der Waals surface area (Å²) in [5.41, 5.74) is 2.85. The summed E-state index contributed by atoms with van der Waals surface area (Å²) >= 11 is 0. The van der Waals surface area contributed by atoms with Gasteiger partial charge < -0.3 is 9.47 Å². The first-order chi connectivity index (χ1) is 12.5. The maximum Gasteiger partial charge on any atom is 0.276 e. The molecular weight excluding hydrogens is 330 g/mol. The van der Waals surface area contributed by atoms with Gasteiger partial charge in [-0.3, -0.25) is 14.6 Å². The standard InChI is InChI=1S/C19H23N5O2/c1-12-9-21-15(10-20-12)19(26)23-7-3-5-14(11-23)17-13(2)18(25)22-16-6-4-8-24(16)17/h9-10,14H,3-8,11H2,1-2H3/t14-/m1/s1. The van der Waals surface area contributed by atoms with Gasteiger partial charge >= 0.3 is 0 Å². The van der Waals surface area contributed by atoms with Gasteiger partial charge in [0.05, 0.1) is 11.9 Å². The number of carbonyl (C=O) groups is 1. The molecule has 0 unspecified atom stereocenters. The van der Waals surface area contributed by atoms with Gasteiger partial charge in [0.25, 0.3) is 11.5 Å². The van der Waals surface area contributed by atoms with Crippen LogP contribution < -0.4 is 5.56 Å². The van der Waals surface area contributed by atoms with E-state index in [1.807, 2.05) is 18.7 Å². The molecule has 0 bridgehead atoms. The average Bonchev–Trinajstić information content (AvgIpc) is 3.10. The second-order valence-electron chi connectivity index (χ2n) is 7.23. The highest BCUT2D eigenvalue weighted by Gasteiger charge is 2.31. The second-order valence-corrected chi connectivity index (χ2v) is 7.23. The fourth-order valence-corrected chi connectivity index (χ4v) is 4.12. The predicted octanol–water partition coefficient (Wildman–Crippen LogP) is 1.62. The fourth-order valence-electron chi connectivity index (χ4n) is 4.12. The SMILES string of the molecule is Cc1cnc(C(=O)N2CCC[C@@H](c3c(C)c(=O)nc4n3CCC4)C2)cn1. The van der Waals surface area contributed by atoms with E-state index >= 15 is 0 Å². The maximum atomic E-state index is 12.8.